The van der Waals surface area contributed by atoms with Crippen LogP contribution in [0.25, 0.3) is 0 Å². The van der Waals surface area contributed by atoms with Crippen molar-refractivity contribution < 1.29 is 98.7 Å². The van der Waals surface area contributed by atoms with E-state index in [1.165, 1.54) is 12.1 Å². The first-order chi connectivity index (χ1) is 26.7. The highest BCUT2D eigenvalue weighted by Crippen LogP contribution is 2.64. The van der Waals surface area contributed by atoms with E-state index in [-0.39, 0.29) is 16.3 Å². The lowest BCUT2D eigenvalue weighted by Crippen LogP contribution is -2.74. The van der Waals surface area contributed by atoms with Crippen molar-refractivity contribution in [2.45, 2.75) is 73.3 Å². The first kappa shape index (κ1) is 48.1. The maximum atomic E-state index is 14.7. The Labute approximate surface area is 319 Å². The molecule has 1 heterocycles. The van der Waals surface area contributed by atoms with E-state index in [2.05, 4.69) is 15.1 Å². The van der Waals surface area contributed by atoms with Crippen LogP contribution in [0.3, 0.4) is 0 Å². The highest BCUT2D eigenvalue weighted by molar-refractivity contribution is 6.01. The standard InChI is InChI=1S/C32H26F17N5O5/c1-53(2)20-9-7-19(8-10-20)52-51-18-5-3-16(4-6-18)23(57)50-15-17(24(58)59-54-21(55)11-12-22(54)56)13-14-25(33,34)26(35,36)27(37,38)28(39,40)29(41,42)30(43,44)31(45,46)32(47,48)49/h3-10,17H,11-15H2,1-2H3,(H,50,57). The summed E-state index contributed by atoms with van der Waals surface area (Å²) in [5.74, 6) is -66.4. The highest BCUT2D eigenvalue weighted by Gasteiger charge is 2.95. The van der Waals surface area contributed by atoms with Gasteiger partial charge in [-0.3, -0.25) is 14.4 Å². The van der Waals surface area contributed by atoms with Crippen molar-refractivity contribution in [1.29, 1.82) is 0 Å². The molecule has 1 aliphatic heterocycles. The van der Waals surface area contributed by atoms with E-state index in [1.54, 1.807) is 43.3 Å². The maximum Gasteiger partial charge on any atom is 0.460 e. The summed E-state index contributed by atoms with van der Waals surface area (Å²) >= 11 is 0. The topological polar surface area (TPSA) is 121 Å². The quantitative estimate of drug-likeness (QED) is 0.0963. The van der Waals surface area contributed by atoms with Crippen molar-refractivity contribution in [2.75, 3.05) is 25.5 Å². The third kappa shape index (κ3) is 9.01. The first-order valence-electron chi connectivity index (χ1n) is 16.0. The van der Waals surface area contributed by atoms with Gasteiger partial charge in [-0.1, -0.05) is 0 Å². The van der Waals surface area contributed by atoms with Crippen LogP contribution in [0.5, 0.6) is 0 Å². The molecule has 1 saturated heterocycles. The Hall–Kier alpha value is -5.27. The molecule has 1 aliphatic rings. The molecule has 0 spiro atoms. The van der Waals surface area contributed by atoms with Crippen LogP contribution < -0.4 is 10.2 Å². The summed E-state index contributed by atoms with van der Waals surface area (Å²) in [4.78, 5) is 55.5. The van der Waals surface area contributed by atoms with Gasteiger partial charge in [-0.2, -0.15) is 84.9 Å². The molecule has 3 rings (SSSR count). The molecular formula is C32H26F17N5O5. The predicted molar refractivity (Wildman–Crippen MR) is 164 cm³/mol. The number of rotatable bonds is 17. The molecule has 1 fully saturated rings. The number of imide groups is 1. The van der Waals surface area contributed by atoms with E-state index in [0.717, 1.165) is 17.8 Å². The number of hydrogen-bond donors (Lipinski definition) is 1. The van der Waals surface area contributed by atoms with Gasteiger partial charge in [0.15, 0.2) is 0 Å². The third-order valence-corrected chi connectivity index (χ3v) is 8.40. The van der Waals surface area contributed by atoms with Gasteiger partial charge in [-0.15, -0.1) is 5.06 Å². The Morgan fingerprint density at radius 1 is 0.661 bits per heavy atom. The number of carbonyl (C=O) groups is 4. The van der Waals surface area contributed by atoms with Crippen LogP contribution in [-0.4, -0.2) is 97.0 Å². The normalized spacial score (nSPS) is 15.8. The Morgan fingerprint density at radius 3 is 1.49 bits per heavy atom. The summed E-state index contributed by atoms with van der Waals surface area (Å²) in [6.07, 6.45) is -14.2. The summed E-state index contributed by atoms with van der Waals surface area (Å²) in [6.45, 7) is -1.36. The number of carbonyl (C=O) groups excluding carboxylic acids is 4. The summed E-state index contributed by atoms with van der Waals surface area (Å²) in [5, 5.41) is 9.51. The summed E-state index contributed by atoms with van der Waals surface area (Å²) in [7, 11) is 3.57. The van der Waals surface area contributed by atoms with Crippen molar-refractivity contribution in [2.24, 2.45) is 16.1 Å². The van der Waals surface area contributed by atoms with Crippen molar-refractivity contribution in [3.05, 3.63) is 54.1 Å². The molecule has 328 valence electrons. The molecule has 1 N–H and O–H groups in total. The minimum absolute atomic E-state index is 0.140. The molecule has 2 aromatic carbocycles. The Bertz CT molecular complexity index is 1890. The number of halogens is 17. The van der Waals surface area contributed by atoms with Crippen molar-refractivity contribution >= 4 is 40.8 Å². The molecular weight excluding hydrogens is 857 g/mol. The second-order valence-electron chi connectivity index (χ2n) is 12.7. The average molecular weight is 884 g/mol. The molecule has 0 bridgehead atoms. The molecule has 0 aliphatic carbocycles. The molecule has 27 heteroatoms. The number of nitrogens with one attached hydrogen (secondary N) is 1. The second kappa shape index (κ2) is 16.4. The van der Waals surface area contributed by atoms with E-state index in [9.17, 15) is 93.8 Å². The molecule has 0 saturated carbocycles. The monoisotopic (exact) mass is 883 g/mol. The van der Waals surface area contributed by atoms with E-state index >= 15 is 0 Å². The van der Waals surface area contributed by atoms with Crippen LogP contribution in [0, 0.1) is 5.92 Å². The van der Waals surface area contributed by atoms with Crippen molar-refractivity contribution in [1.82, 2.24) is 10.4 Å². The Balaban J connectivity index is 1.85. The van der Waals surface area contributed by atoms with Gasteiger partial charge in [0.2, 0.25) is 0 Å². The second-order valence-corrected chi connectivity index (χ2v) is 12.7. The number of nitrogens with zero attached hydrogens (tertiary/aromatic N) is 4. The fraction of sp³-hybridized carbons (Fsp3) is 0.500. The number of azo groups is 1. The molecule has 3 amide bonds. The molecule has 0 radical (unpaired) electrons. The Kier molecular flexibility index (Phi) is 13.4. The summed E-state index contributed by atoms with van der Waals surface area (Å²) < 4.78 is 233. The van der Waals surface area contributed by atoms with Crippen molar-refractivity contribution in [3.8, 4) is 0 Å². The van der Waals surface area contributed by atoms with Gasteiger partial charge in [0, 0.05) is 51.2 Å². The van der Waals surface area contributed by atoms with E-state index < -0.39 is 109 Å². The molecule has 0 aromatic heterocycles. The molecule has 10 nitrogen and oxygen atoms in total. The predicted octanol–water partition coefficient (Wildman–Crippen LogP) is 8.91. The molecule has 1 unspecified atom stereocenters. The van der Waals surface area contributed by atoms with Gasteiger partial charge in [-0.25, -0.2) is 4.79 Å². The minimum atomic E-state index is -8.83. The lowest BCUT2D eigenvalue weighted by atomic mass is 9.87. The van der Waals surface area contributed by atoms with Crippen LogP contribution in [0.1, 0.15) is 36.0 Å². The fourth-order valence-electron chi connectivity index (χ4n) is 4.76. The van der Waals surface area contributed by atoms with Gasteiger partial charge in [0.05, 0.1) is 17.3 Å². The lowest BCUT2D eigenvalue weighted by Gasteiger charge is -2.43. The number of anilines is 1. The van der Waals surface area contributed by atoms with Crippen molar-refractivity contribution in [3.63, 3.8) is 0 Å². The summed E-state index contributed by atoms with van der Waals surface area (Å²) in [5.41, 5.74) is 1.06. The largest absolute Gasteiger partial charge is 0.460 e. The average Bonchev–Trinajstić information content (AvgIpc) is 3.45. The number of alkyl halides is 17. The van der Waals surface area contributed by atoms with E-state index in [0.29, 0.717) is 5.69 Å². The molecule has 1 atom stereocenters. The number of hydroxylamine groups is 2. The van der Waals surface area contributed by atoms with Gasteiger partial charge in [-0.05, 0) is 55.0 Å². The fourth-order valence-corrected chi connectivity index (χ4v) is 4.76. The van der Waals surface area contributed by atoms with Gasteiger partial charge in [0.1, 0.15) is 0 Å². The zero-order chi connectivity index (χ0) is 45.4. The minimum Gasteiger partial charge on any atom is -0.378 e. The third-order valence-electron chi connectivity index (χ3n) is 8.40. The SMILES string of the molecule is CN(C)c1ccc(N=Nc2ccc(C(=O)NCC(CCC(F)(F)C(F)(F)C(F)(F)C(F)(F)C(F)(F)C(F)(F)C(F)(F)C(F)(F)F)C(=O)ON3C(=O)CCC3=O)cc2)cc1. The van der Waals surface area contributed by atoms with Crippen LogP contribution in [0.4, 0.5) is 91.7 Å². The van der Waals surface area contributed by atoms with Crippen LogP contribution >= 0.6 is 0 Å². The number of hydrogen-bond acceptors (Lipinski definition) is 8. The van der Waals surface area contributed by atoms with Crippen LogP contribution in [0.2, 0.25) is 0 Å². The van der Waals surface area contributed by atoms with Crippen LogP contribution in [-0.2, 0) is 19.2 Å². The van der Waals surface area contributed by atoms with E-state index in [4.69, 9.17) is 0 Å². The molecule has 59 heavy (non-hydrogen) atoms. The number of benzene rings is 2. The molecule has 2 aromatic rings. The van der Waals surface area contributed by atoms with E-state index in [1.807, 2.05) is 5.32 Å². The van der Waals surface area contributed by atoms with Gasteiger partial charge in [0.25, 0.3) is 17.7 Å². The van der Waals surface area contributed by atoms with Gasteiger partial charge >= 0.3 is 53.6 Å². The number of amides is 3. The zero-order valence-electron chi connectivity index (χ0n) is 29.5. The maximum absolute atomic E-state index is 14.7. The van der Waals surface area contributed by atoms with Crippen LogP contribution in [0.15, 0.2) is 58.8 Å². The summed E-state index contributed by atoms with van der Waals surface area (Å²) in [6, 6.07) is 11.2. The Morgan fingerprint density at radius 2 is 1.07 bits per heavy atom. The highest BCUT2D eigenvalue weighted by atomic mass is 19.4. The zero-order valence-corrected chi connectivity index (χ0v) is 29.5. The van der Waals surface area contributed by atoms with Gasteiger partial charge < -0.3 is 15.1 Å². The lowest BCUT2D eigenvalue weighted by molar-refractivity contribution is -0.461. The smallest absolute Gasteiger partial charge is 0.378 e. The first-order valence-corrected chi connectivity index (χ1v) is 16.0.